The van der Waals surface area contributed by atoms with Crippen molar-refractivity contribution in [3.05, 3.63) is 231 Å². The van der Waals surface area contributed by atoms with Crippen molar-refractivity contribution >= 4 is 56.1 Å². The largest absolute Gasteiger partial charge is 0.456 e. The van der Waals surface area contributed by atoms with Crippen LogP contribution in [0, 0.1) is 0 Å². The second-order valence-corrected chi connectivity index (χ2v) is 14.2. The predicted molar refractivity (Wildman–Crippen MR) is 239 cm³/mol. The third kappa shape index (κ3) is 6.73. The molecule has 1 aromatic heterocycles. The number of rotatable bonds is 9. The summed E-state index contributed by atoms with van der Waals surface area (Å²) in [6.45, 7) is 0. The lowest BCUT2D eigenvalue weighted by Gasteiger charge is -2.26. The Morgan fingerprint density at radius 1 is 0.228 bits per heavy atom. The number of hydrogen-bond donors (Lipinski definition) is 0. The van der Waals surface area contributed by atoms with Crippen LogP contribution in [0.5, 0.6) is 0 Å². The average Bonchev–Trinajstić information content (AvgIpc) is 3.67. The Kier molecular flexibility index (Phi) is 8.86. The molecule has 57 heavy (non-hydrogen) atoms. The molecule has 0 amide bonds. The summed E-state index contributed by atoms with van der Waals surface area (Å²) in [7, 11) is 0. The molecule has 10 aromatic rings. The molecule has 1 heterocycles. The maximum atomic E-state index is 6.15. The molecule has 0 unspecified atom stereocenters. The van der Waals surface area contributed by atoms with Crippen LogP contribution in [0.3, 0.4) is 0 Å². The molecule has 9 aromatic carbocycles. The fourth-order valence-electron chi connectivity index (χ4n) is 7.80. The zero-order valence-electron chi connectivity index (χ0n) is 31.2. The highest BCUT2D eigenvalue weighted by Gasteiger charge is 2.17. The van der Waals surface area contributed by atoms with Gasteiger partial charge in [-0.3, -0.25) is 0 Å². The molecule has 3 heteroatoms. The number of para-hydroxylation sites is 3. The molecular formula is C54H38N2O. The van der Waals surface area contributed by atoms with Gasteiger partial charge in [-0.15, -0.1) is 0 Å². The summed E-state index contributed by atoms with van der Waals surface area (Å²) in [5, 5.41) is 2.23. The van der Waals surface area contributed by atoms with Crippen LogP contribution in [-0.2, 0) is 0 Å². The van der Waals surface area contributed by atoms with Gasteiger partial charge in [-0.05, 0) is 118 Å². The highest BCUT2D eigenvalue weighted by Crippen LogP contribution is 2.40. The van der Waals surface area contributed by atoms with E-state index in [1.165, 1.54) is 22.3 Å². The molecule has 0 spiro atoms. The second kappa shape index (κ2) is 14.9. The number of hydrogen-bond acceptors (Lipinski definition) is 3. The molecule has 270 valence electrons. The Labute approximate surface area is 333 Å². The van der Waals surface area contributed by atoms with Gasteiger partial charge < -0.3 is 14.2 Å². The van der Waals surface area contributed by atoms with Crippen LogP contribution in [0.25, 0.3) is 55.3 Å². The van der Waals surface area contributed by atoms with E-state index in [9.17, 15) is 0 Å². The summed E-state index contributed by atoms with van der Waals surface area (Å²) < 4.78 is 6.15. The molecule has 0 aliphatic heterocycles. The van der Waals surface area contributed by atoms with Crippen molar-refractivity contribution in [3.8, 4) is 33.4 Å². The van der Waals surface area contributed by atoms with Crippen molar-refractivity contribution < 1.29 is 4.42 Å². The van der Waals surface area contributed by atoms with Crippen molar-refractivity contribution in [3.63, 3.8) is 0 Å². The highest BCUT2D eigenvalue weighted by molar-refractivity contribution is 6.06. The van der Waals surface area contributed by atoms with E-state index < -0.39 is 0 Å². The fraction of sp³-hybridized carbons (Fsp3) is 0. The molecular weight excluding hydrogens is 693 g/mol. The Hall–Kier alpha value is -7.62. The zero-order chi connectivity index (χ0) is 38.0. The van der Waals surface area contributed by atoms with Gasteiger partial charge in [0.2, 0.25) is 0 Å². The Morgan fingerprint density at radius 3 is 1.02 bits per heavy atom. The van der Waals surface area contributed by atoms with Crippen molar-refractivity contribution in [2.45, 2.75) is 0 Å². The average molecular weight is 731 g/mol. The summed E-state index contributed by atoms with van der Waals surface area (Å²) in [4.78, 5) is 4.61. The smallest absolute Gasteiger partial charge is 0.135 e. The first-order valence-electron chi connectivity index (χ1n) is 19.3. The van der Waals surface area contributed by atoms with E-state index in [1.807, 2.05) is 12.1 Å². The van der Waals surface area contributed by atoms with Crippen molar-refractivity contribution in [1.29, 1.82) is 0 Å². The summed E-state index contributed by atoms with van der Waals surface area (Å²) >= 11 is 0. The summed E-state index contributed by atoms with van der Waals surface area (Å²) in [5.74, 6) is 0. The quantitative estimate of drug-likeness (QED) is 0.147. The summed E-state index contributed by atoms with van der Waals surface area (Å²) in [6.07, 6.45) is 0. The third-order valence-corrected chi connectivity index (χ3v) is 10.7. The molecule has 0 fully saturated rings. The van der Waals surface area contributed by atoms with Gasteiger partial charge in [0.25, 0.3) is 0 Å². The van der Waals surface area contributed by atoms with Crippen molar-refractivity contribution in [1.82, 2.24) is 0 Å². The normalized spacial score (nSPS) is 11.2. The van der Waals surface area contributed by atoms with E-state index in [1.54, 1.807) is 0 Å². The Balaban J connectivity index is 0.933. The lowest BCUT2D eigenvalue weighted by molar-refractivity contribution is 0.669. The number of benzene rings is 9. The first-order chi connectivity index (χ1) is 28.2. The molecule has 0 radical (unpaired) electrons. The minimum Gasteiger partial charge on any atom is -0.456 e. The SMILES string of the molecule is c1ccc(-c2ccc(-c3ccc(N(c4ccccc4)c4ccc(-c5ccc(N(c6ccccc6)c6ccc7oc8ccccc8c7c6)cc5)cc4)cc3)cc2)cc1. The first-order valence-corrected chi connectivity index (χ1v) is 19.3. The maximum Gasteiger partial charge on any atom is 0.135 e. The molecule has 10 rings (SSSR count). The monoisotopic (exact) mass is 730 g/mol. The third-order valence-electron chi connectivity index (χ3n) is 10.7. The molecule has 0 saturated carbocycles. The van der Waals surface area contributed by atoms with Gasteiger partial charge in [0.05, 0.1) is 0 Å². The van der Waals surface area contributed by atoms with Gasteiger partial charge in [-0.2, -0.15) is 0 Å². The van der Waals surface area contributed by atoms with Crippen molar-refractivity contribution in [2.24, 2.45) is 0 Å². The predicted octanol–water partition coefficient (Wildman–Crippen LogP) is 15.5. The minimum absolute atomic E-state index is 0.889. The molecule has 0 saturated heterocycles. The first kappa shape index (κ1) is 33.9. The van der Waals surface area contributed by atoms with E-state index >= 15 is 0 Å². The van der Waals surface area contributed by atoms with Gasteiger partial charge in [0.15, 0.2) is 0 Å². The highest BCUT2D eigenvalue weighted by atomic mass is 16.3. The van der Waals surface area contributed by atoms with Crippen LogP contribution in [0.15, 0.2) is 235 Å². The standard InChI is InChI=1S/C54H38N2O/c1-4-12-39(13-5-1)40-20-22-41(23-21-40)42-24-30-47(31-25-42)55(45-14-6-2-7-15-45)48-32-26-43(27-33-48)44-28-34-49(35-29-44)56(46-16-8-3-9-17-46)50-36-37-54-52(38-50)51-18-10-11-19-53(51)57-54/h1-38H. The second-order valence-electron chi connectivity index (χ2n) is 14.2. The van der Waals surface area contributed by atoms with Crippen LogP contribution in [0.1, 0.15) is 0 Å². The lowest BCUT2D eigenvalue weighted by atomic mass is 10.00. The van der Waals surface area contributed by atoms with Crippen LogP contribution < -0.4 is 9.80 Å². The molecule has 0 N–H and O–H groups in total. The number of anilines is 6. The summed E-state index contributed by atoms with van der Waals surface area (Å²) in [5.41, 5.74) is 15.5. The molecule has 0 aliphatic rings. The van der Waals surface area contributed by atoms with Gasteiger partial charge >= 0.3 is 0 Å². The van der Waals surface area contributed by atoms with E-state index in [-0.39, 0.29) is 0 Å². The number of furan rings is 1. The van der Waals surface area contributed by atoms with E-state index in [0.29, 0.717) is 0 Å². The van der Waals surface area contributed by atoms with Gasteiger partial charge in [-0.25, -0.2) is 0 Å². The molecule has 0 bridgehead atoms. The number of nitrogens with zero attached hydrogens (tertiary/aromatic N) is 2. The van der Waals surface area contributed by atoms with Crippen LogP contribution in [0.2, 0.25) is 0 Å². The van der Waals surface area contributed by atoms with Crippen LogP contribution >= 0.6 is 0 Å². The van der Waals surface area contributed by atoms with Crippen LogP contribution in [-0.4, -0.2) is 0 Å². The molecule has 0 atom stereocenters. The lowest BCUT2D eigenvalue weighted by Crippen LogP contribution is -2.10. The zero-order valence-corrected chi connectivity index (χ0v) is 31.2. The van der Waals surface area contributed by atoms with Crippen LogP contribution in [0.4, 0.5) is 34.1 Å². The minimum atomic E-state index is 0.889. The van der Waals surface area contributed by atoms with Crippen molar-refractivity contribution in [2.75, 3.05) is 9.80 Å². The molecule has 0 aliphatic carbocycles. The van der Waals surface area contributed by atoms with E-state index in [0.717, 1.165) is 67.2 Å². The number of fused-ring (bicyclic) bond motifs is 3. The maximum absolute atomic E-state index is 6.15. The van der Waals surface area contributed by atoms with Gasteiger partial charge in [-0.1, -0.05) is 146 Å². The Morgan fingerprint density at radius 2 is 0.544 bits per heavy atom. The van der Waals surface area contributed by atoms with Gasteiger partial charge in [0.1, 0.15) is 11.2 Å². The van der Waals surface area contributed by atoms with E-state index in [4.69, 9.17) is 4.42 Å². The van der Waals surface area contributed by atoms with E-state index in [2.05, 4.69) is 228 Å². The Bertz CT molecular complexity index is 2900. The topological polar surface area (TPSA) is 19.6 Å². The van der Waals surface area contributed by atoms with Gasteiger partial charge in [0, 0.05) is 44.9 Å². The fourth-order valence-corrected chi connectivity index (χ4v) is 7.80. The molecule has 3 nitrogen and oxygen atoms in total. The summed E-state index contributed by atoms with van der Waals surface area (Å²) in [6, 6.07) is 81.7.